The number of phenolic OH excluding ortho intramolecular Hbond substituents is 3. The Bertz CT molecular complexity index is 2420. The highest BCUT2D eigenvalue weighted by molar-refractivity contribution is 6.11. The molecule has 16 heteroatoms. The summed E-state index contributed by atoms with van der Waals surface area (Å²) in [4.78, 5) is 60.7. The Morgan fingerprint density at radius 3 is 0.757 bits per heavy atom. The fraction of sp³-hybridized carbons (Fsp3) is 0.603. The van der Waals surface area contributed by atoms with Gasteiger partial charge in [0.1, 0.15) is 17.2 Å². The van der Waals surface area contributed by atoms with Crippen molar-refractivity contribution in [2.75, 3.05) is 0 Å². The lowest BCUT2D eigenvalue weighted by molar-refractivity contribution is -0.536. The van der Waals surface area contributed by atoms with Crippen LogP contribution in [0, 0.1) is 57.9 Å². The van der Waals surface area contributed by atoms with Crippen LogP contribution in [0.1, 0.15) is 212 Å². The van der Waals surface area contributed by atoms with Gasteiger partial charge in [0, 0.05) is 81.7 Å². The minimum absolute atomic E-state index is 0.0178. The number of hydrogen-bond acceptors (Lipinski definition) is 12. The number of aryl methyl sites for hydroxylation is 1. The van der Waals surface area contributed by atoms with E-state index in [4.69, 9.17) is 9.81 Å². The molecule has 1 aliphatic rings. The lowest BCUT2D eigenvalue weighted by Crippen LogP contribution is -2.40. The molecule has 4 rings (SSSR count). The van der Waals surface area contributed by atoms with Crippen LogP contribution < -0.4 is 5.04 Å². The van der Waals surface area contributed by atoms with Gasteiger partial charge in [0.25, 0.3) is 16.9 Å². The van der Waals surface area contributed by atoms with Crippen LogP contribution in [-0.4, -0.2) is 41.4 Å². The third kappa shape index (κ3) is 18.6. The monoisotopic (exact) mass is 1030 g/mol. The zero-order valence-corrected chi connectivity index (χ0v) is 49.4. The lowest BCUT2D eigenvalue weighted by atomic mass is 9.69. The average molecular weight is 1030 g/mol. The zero-order chi connectivity index (χ0) is 59.3. The second-order valence-corrected chi connectivity index (χ2v) is 27.5. The van der Waals surface area contributed by atoms with Crippen LogP contribution >= 0.6 is 0 Å². The van der Waals surface area contributed by atoms with E-state index in [0.29, 0.717) is 39.1 Å². The van der Waals surface area contributed by atoms with Crippen LogP contribution in [0.4, 0.5) is 11.4 Å². The molecule has 0 aliphatic heterocycles. The average Bonchev–Trinajstić information content (AvgIpc) is 3.17. The van der Waals surface area contributed by atoms with Crippen LogP contribution in [0.3, 0.4) is 0 Å². The number of nitrogens with zero attached hydrogens (tertiary/aromatic N) is 4. The standard InChI is InChI=1S/C15H23NO3.C15H24O.2C14H21NO3.NO2/c1-13(2,3)10-8-15(7,16(18)19)9-11(12(10)17)14(4,5)6;1-10-8-11(14(2,3)4)13(16)12(9-10)15(5,6)7;2*1-13(2,3)10-7-9(15(17)18)8-11(12(10)16)14(4,5)6;2-1-3/h8-9H,1-7H3;8-9,16H,1-7H3;2*7-8,16H,1-6H3;/q;;;;+1. The highest BCUT2D eigenvalue weighted by Crippen LogP contribution is 2.45. The minimum Gasteiger partial charge on any atom is -0.507 e. The quantitative estimate of drug-likeness (QED) is 0.126. The summed E-state index contributed by atoms with van der Waals surface area (Å²) in [5, 5.41) is 65.4. The number of benzene rings is 3. The Morgan fingerprint density at radius 1 is 0.419 bits per heavy atom. The third-order valence-electron chi connectivity index (χ3n) is 12.1. The van der Waals surface area contributed by atoms with E-state index in [9.17, 15) is 50.5 Å². The van der Waals surface area contributed by atoms with Gasteiger partial charge in [-0.25, -0.2) is 0 Å². The summed E-state index contributed by atoms with van der Waals surface area (Å²) in [6.07, 6.45) is 3.01. The first kappa shape index (κ1) is 67.7. The van der Waals surface area contributed by atoms with E-state index in [2.05, 4.69) is 60.6 Å². The Balaban J connectivity index is 0.000000943. The number of allylic oxidation sites excluding steroid dienone is 2. The number of nitro groups is 3. The molecular weight excluding hydrogens is 945 g/mol. The van der Waals surface area contributed by atoms with E-state index >= 15 is 0 Å². The predicted octanol–water partition coefficient (Wildman–Crippen LogP) is 15.2. The van der Waals surface area contributed by atoms with Crippen molar-refractivity contribution >= 4 is 17.2 Å². The molecule has 412 valence electrons. The summed E-state index contributed by atoms with van der Waals surface area (Å²) < 4.78 is 0. The second kappa shape index (κ2) is 23.5. The summed E-state index contributed by atoms with van der Waals surface area (Å²) in [6.45, 7) is 51.0. The fourth-order valence-corrected chi connectivity index (χ4v) is 7.78. The first-order valence-electron chi connectivity index (χ1n) is 24.6. The molecule has 0 fully saturated rings. The maximum Gasteiger partial charge on any atom is 0.569 e. The topological polar surface area (TPSA) is 255 Å². The number of carbonyl (C=O) groups excluding carboxylic acids is 1. The summed E-state index contributed by atoms with van der Waals surface area (Å²) in [5.41, 5.74) is 3.36. The first-order valence-corrected chi connectivity index (χ1v) is 24.6. The molecule has 0 bridgehead atoms. The summed E-state index contributed by atoms with van der Waals surface area (Å²) in [7, 11) is 0. The van der Waals surface area contributed by atoms with Gasteiger partial charge in [-0.1, -0.05) is 184 Å². The number of carbonyl (C=O) groups is 1. The van der Waals surface area contributed by atoms with Gasteiger partial charge in [-0.2, -0.15) is 0 Å². The predicted molar refractivity (Wildman–Crippen MR) is 299 cm³/mol. The van der Waals surface area contributed by atoms with Gasteiger partial charge in [0.15, 0.2) is 5.78 Å². The molecule has 0 spiro atoms. The smallest absolute Gasteiger partial charge is 0.507 e. The molecule has 0 radical (unpaired) electrons. The number of non-ortho nitro benzene ring substituents is 2. The van der Waals surface area contributed by atoms with E-state index < -0.39 is 26.2 Å². The number of nitro benzene ring substituents is 2. The normalized spacial score (nSPS) is 14.1. The largest absolute Gasteiger partial charge is 0.569 e. The van der Waals surface area contributed by atoms with Gasteiger partial charge < -0.3 is 15.3 Å². The molecule has 0 saturated carbocycles. The van der Waals surface area contributed by atoms with Crippen molar-refractivity contribution < 1.29 is 34.9 Å². The number of phenols is 3. The fourth-order valence-electron chi connectivity index (χ4n) is 7.78. The summed E-state index contributed by atoms with van der Waals surface area (Å²) in [5.74, 6) is 0.728. The van der Waals surface area contributed by atoms with Gasteiger partial charge >= 0.3 is 5.04 Å². The van der Waals surface area contributed by atoms with Crippen molar-refractivity contribution in [3.63, 3.8) is 0 Å². The Labute approximate surface area is 440 Å². The van der Waals surface area contributed by atoms with Crippen LogP contribution in [0.5, 0.6) is 17.2 Å². The van der Waals surface area contributed by atoms with Crippen molar-refractivity contribution in [1.29, 1.82) is 0 Å². The highest BCUT2D eigenvalue weighted by atomic mass is 16.6. The molecule has 1 aliphatic carbocycles. The van der Waals surface area contributed by atoms with Crippen molar-refractivity contribution in [3.05, 3.63) is 139 Å². The maximum absolute atomic E-state index is 12.6. The van der Waals surface area contributed by atoms with Gasteiger partial charge in [-0.15, -0.1) is 0 Å². The van der Waals surface area contributed by atoms with E-state index in [1.165, 1.54) is 48.9 Å². The summed E-state index contributed by atoms with van der Waals surface area (Å²) >= 11 is 0. The number of ketones is 1. The number of rotatable bonds is 3. The van der Waals surface area contributed by atoms with Crippen molar-refractivity contribution in [3.8, 4) is 17.2 Å². The highest BCUT2D eigenvalue weighted by Gasteiger charge is 2.45. The second-order valence-electron chi connectivity index (χ2n) is 27.5. The third-order valence-corrected chi connectivity index (χ3v) is 12.1. The summed E-state index contributed by atoms with van der Waals surface area (Å²) in [6, 6.07) is 10.0. The van der Waals surface area contributed by atoms with E-state index in [-0.39, 0.29) is 66.1 Å². The first-order chi connectivity index (χ1) is 32.6. The SMILES string of the molecule is CC(C)(C)C1=CC(C)([N+](=O)[O-])C=C(C(C)(C)C)C1=O.CC(C)(C)c1cc([N+](=O)[O-])cc(C(C)(C)C)c1O.CC(C)(C)c1cc([N+](=O)[O-])cc(C(C)(C)C)c1O.Cc1cc(C(C)(C)C)c(O)c(C(C)(C)C)c1.O=[N+]=O. The number of hydrogen-bond donors (Lipinski definition) is 3. The Morgan fingerprint density at radius 2 is 0.608 bits per heavy atom. The molecule has 3 aromatic carbocycles. The molecule has 3 aromatic rings. The Kier molecular flexibility index (Phi) is 21.5. The minimum atomic E-state index is -1.31. The van der Waals surface area contributed by atoms with Gasteiger partial charge in [0.05, 0.1) is 9.85 Å². The van der Waals surface area contributed by atoms with E-state index in [0.717, 1.165) is 16.2 Å². The van der Waals surface area contributed by atoms with Crippen LogP contribution in [-0.2, 0) is 37.3 Å². The molecule has 0 atom stereocenters. The van der Waals surface area contributed by atoms with E-state index in [1.807, 2.05) is 125 Å². The number of Topliss-reactive ketones (excluding diaryl/α,β-unsaturated/α-hetero) is 1. The molecule has 0 heterocycles. The molecule has 0 saturated heterocycles. The number of aromatic hydroxyl groups is 3. The molecule has 74 heavy (non-hydrogen) atoms. The van der Waals surface area contributed by atoms with E-state index in [1.54, 1.807) is 0 Å². The van der Waals surface area contributed by atoms with Crippen LogP contribution in [0.25, 0.3) is 0 Å². The van der Waals surface area contributed by atoms with Gasteiger partial charge in [-0.05, 0) is 61.4 Å². The molecular formula is C58H89N4O12+. The maximum atomic E-state index is 12.6. The van der Waals surface area contributed by atoms with Crippen molar-refractivity contribution in [2.45, 2.75) is 218 Å². The lowest BCUT2D eigenvalue weighted by Gasteiger charge is -2.33. The molecule has 3 N–H and O–H groups in total. The van der Waals surface area contributed by atoms with Gasteiger partial charge in [0.2, 0.25) is 9.81 Å². The Hall–Kier alpha value is -6.28. The van der Waals surface area contributed by atoms with Crippen LogP contribution in [0.2, 0.25) is 0 Å². The zero-order valence-electron chi connectivity index (χ0n) is 49.4. The molecule has 16 nitrogen and oxygen atoms in total. The molecule has 0 unspecified atom stereocenters. The van der Waals surface area contributed by atoms with Crippen LogP contribution in [0.15, 0.2) is 59.7 Å². The number of nitroso groups, excluding NO2 is 2. The van der Waals surface area contributed by atoms with Crippen molar-refractivity contribution in [2.24, 2.45) is 10.8 Å². The molecule has 0 amide bonds. The van der Waals surface area contributed by atoms with Crippen molar-refractivity contribution in [1.82, 2.24) is 5.04 Å². The van der Waals surface area contributed by atoms with Gasteiger partial charge in [-0.3, -0.25) is 35.1 Å². The molecule has 0 aromatic heterocycles.